The number of β-amino-alcohol motifs (C(OH)–C–C–N with tert-alkyl or cyclic N) is 1. The van der Waals surface area contributed by atoms with E-state index in [1.165, 1.54) is 6.42 Å². The zero-order valence-electron chi connectivity index (χ0n) is 20.2. The molecule has 0 spiro atoms. The Bertz CT molecular complexity index is 589. The van der Waals surface area contributed by atoms with Gasteiger partial charge < -0.3 is 25.2 Å². The monoisotopic (exact) mass is 495 g/mol. The van der Waals surface area contributed by atoms with Crippen molar-refractivity contribution in [3.8, 4) is 0 Å². The maximum atomic E-state index is 13.8. The third-order valence-corrected chi connectivity index (χ3v) is 8.55. The number of hydrogen-bond acceptors (Lipinski definition) is 6. The van der Waals surface area contributed by atoms with Gasteiger partial charge in [0.1, 0.15) is 12.2 Å². The highest BCUT2D eigenvalue weighted by Gasteiger charge is 2.48. The van der Waals surface area contributed by atoms with Gasteiger partial charge in [-0.15, -0.1) is 0 Å². The molecule has 9 heteroatoms. The Hall–Kier alpha value is -0.450. The third kappa shape index (κ3) is 7.53. The van der Waals surface area contributed by atoms with Crippen LogP contribution in [0.25, 0.3) is 0 Å². The standard InChI is InChI=1S/C25H44F3NO5/c26-25(27,28)20-13-18(17-7-3-1-4-8-17)9-10-19(20)16-34-12-6-2-5-11-29-14-22(31)24(33)23(32)21(29)15-30/h17-24,30-33H,1-16H2/t18?,19?,20?,21-,22-,23+,24+/m0/s1. The molecule has 1 saturated heterocycles. The Morgan fingerprint density at radius 1 is 0.853 bits per heavy atom. The normalized spacial score (nSPS) is 36.6. The van der Waals surface area contributed by atoms with Gasteiger partial charge >= 0.3 is 6.18 Å². The zero-order chi connectivity index (χ0) is 24.7. The molecule has 3 aliphatic rings. The molecule has 0 aromatic rings. The van der Waals surface area contributed by atoms with Gasteiger partial charge in [0, 0.05) is 19.8 Å². The highest BCUT2D eigenvalue weighted by molar-refractivity contribution is 4.94. The summed E-state index contributed by atoms with van der Waals surface area (Å²) >= 11 is 0. The van der Waals surface area contributed by atoms with Gasteiger partial charge in [-0.2, -0.15) is 13.2 Å². The topological polar surface area (TPSA) is 93.4 Å². The number of nitrogens with zero attached hydrogens (tertiary/aromatic N) is 1. The van der Waals surface area contributed by atoms with Gasteiger partial charge in [0.05, 0.1) is 24.7 Å². The van der Waals surface area contributed by atoms with Crippen molar-refractivity contribution in [1.82, 2.24) is 4.90 Å². The van der Waals surface area contributed by atoms with Crippen molar-refractivity contribution >= 4 is 0 Å². The Morgan fingerprint density at radius 2 is 1.59 bits per heavy atom. The number of unbranched alkanes of at least 4 members (excludes halogenated alkanes) is 2. The van der Waals surface area contributed by atoms with Crippen LogP contribution in [-0.4, -0.2) is 88.8 Å². The lowest BCUT2D eigenvalue weighted by Crippen LogP contribution is -2.62. The van der Waals surface area contributed by atoms with Crippen molar-refractivity contribution in [1.29, 1.82) is 0 Å². The summed E-state index contributed by atoms with van der Waals surface area (Å²) in [6.45, 7) is 1.00. The van der Waals surface area contributed by atoms with Crippen LogP contribution >= 0.6 is 0 Å². The molecule has 3 rings (SSSR count). The summed E-state index contributed by atoms with van der Waals surface area (Å²) in [6.07, 6.45) is 2.02. The fraction of sp³-hybridized carbons (Fsp3) is 1.00. The molecule has 200 valence electrons. The molecule has 4 N–H and O–H groups in total. The zero-order valence-corrected chi connectivity index (χ0v) is 20.2. The molecule has 2 saturated carbocycles. The first kappa shape index (κ1) is 28.1. The number of aliphatic hydroxyl groups is 4. The van der Waals surface area contributed by atoms with Crippen molar-refractivity contribution in [2.24, 2.45) is 23.7 Å². The van der Waals surface area contributed by atoms with Crippen LogP contribution in [0.15, 0.2) is 0 Å². The Kier molecular flexibility index (Phi) is 10.9. The van der Waals surface area contributed by atoms with Gasteiger partial charge in [0.25, 0.3) is 0 Å². The lowest BCUT2D eigenvalue weighted by atomic mass is 9.67. The fourth-order valence-electron chi connectivity index (χ4n) is 6.47. The molecule has 0 amide bonds. The number of halogens is 3. The minimum absolute atomic E-state index is 0.163. The Balaban J connectivity index is 1.34. The molecule has 0 radical (unpaired) electrons. The second kappa shape index (κ2) is 13.2. The average molecular weight is 496 g/mol. The summed E-state index contributed by atoms with van der Waals surface area (Å²) in [6, 6.07) is -0.613. The van der Waals surface area contributed by atoms with Crippen molar-refractivity contribution < 1.29 is 38.3 Å². The van der Waals surface area contributed by atoms with Crippen molar-refractivity contribution in [3.05, 3.63) is 0 Å². The fourth-order valence-corrected chi connectivity index (χ4v) is 6.47. The van der Waals surface area contributed by atoms with E-state index in [0.29, 0.717) is 25.5 Å². The van der Waals surface area contributed by atoms with Crippen LogP contribution in [0.4, 0.5) is 13.2 Å². The largest absolute Gasteiger partial charge is 0.395 e. The maximum absolute atomic E-state index is 13.8. The first-order valence-corrected chi connectivity index (χ1v) is 13.3. The minimum Gasteiger partial charge on any atom is -0.395 e. The van der Waals surface area contributed by atoms with Gasteiger partial charge in [-0.1, -0.05) is 32.1 Å². The molecule has 3 fully saturated rings. The highest BCUT2D eigenvalue weighted by atomic mass is 19.4. The molecular formula is C25H44F3NO5. The smallest absolute Gasteiger partial charge is 0.392 e. The summed E-state index contributed by atoms with van der Waals surface area (Å²) < 4.78 is 47.1. The van der Waals surface area contributed by atoms with E-state index < -0.39 is 42.4 Å². The van der Waals surface area contributed by atoms with E-state index in [1.807, 2.05) is 0 Å². The van der Waals surface area contributed by atoms with E-state index in [1.54, 1.807) is 4.90 Å². The molecule has 0 aromatic heterocycles. The summed E-state index contributed by atoms with van der Waals surface area (Å²) in [7, 11) is 0. The predicted octanol–water partition coefficient (Wildman–Crippen LogP) is 3.11. The summed E-state index contributed by atoms with van der Waals surface area (Å²) in [5.41, 5.74) is 0. The molecule has 0 aromatic carbocycles. The number of aliphatic hydroxyl groups excluding tert-OH is 4. The van der Waals surface area contributed by atoms with E-state index >= 15 is 0 Å². The summed E-state index contributed by atoms with van der Waals surface area (Å²) in [5, 5.41) is 39.2. The lowest BCUT2D eigenvalue weighted by molar-refractivity contribution is -0.208. The molecule has 7 atom stereocenters. The van der Waals surface area contributed by atoms with Crippen molar-refractivity contribution in [2.75, 3.05) is 32.9 Å². The number of hydrogen-bond donors (Lipinski definition) is 4. The number of rotatable bonds is 10. The van der Waals surface area contributed by atoms with Crippen LogP contribution in [0, 0.1) is 23.7 Å². The quantitative estimate of drug-likeness (QED) is 0.348. The van der Waals surface area contributed by atoms with E-state index in [0.717, 1.165) is 51.4 Å². The molecule has 2 aliphatic carbocycles. The summed E-state index contributed by atoms with van der Waals surface area (Å²) in [5.74, 6) is -1.03. The average Bonchev–Trinajstić information content (AvgIpc) is 2.82. The highest BCUT2D eigenvalue weighted by Crippen LogP contribution is 2.48. The minimum atomic E-state index is -4.16. The van der Waals surface area contributed by atoms with E-state index in [9.17, 15) is 33.6 Å². The van der Waals surface area contributed by atoms with Crippen LogP contribution in [0.5, 0.6) is 0 Å². The van der Waals surface area contributed by atoms with E-state index in [4.69, 9.17) is 4.74 Å². The van der Waals surface area contributed by atoms with Crippen molar-refractivity contribution in [3.63, 3.8) is 0 Å². The molecule has 0 bridgehead atoms. The van der Waals surface area contributed by atoms with E-state index in [2.05, 4.69) is 0 Å². The van der Waals surface area contributed by atoms with Crippen molar-refractivity contribution in [2.45, 2.75) is 101 Å². The molecular weight excluding hydrogens is 451 g/mol. The van der Waals surface area contributed by atoms with Gasteiger partial charge in [-0.3, -0.25) is 4.90 Å². The van der Waals surface area contributed by atoms with E-state index in [-0.39, 0.29) is 32.1 Å². The molecule has 34 heavy (non-hydrogen) atoms. The molecule has 3 unspecified atom stereocenters. The van der Waals surface area contributed by atoms with Gasteiger partial charge in [0.15, 0.2) is 0 Å². The van der Waals surface area contributed by atoms with Crippen LogP contribution in [0.2, 0.25) is 0 Å². The number of likely N-dealkylation sites (tertiary alicyclic amines) is 1. The third-order valence-electron chi connectivity index (χ3n) is 8.55. The molecule has 6 nitrogen and oxygen atoms in total. The first-order valence-electron chi connectivity index (χ1n) is 13.3. The number of piperidine rings is 1. The predicted molar refractivity (Wildman–Crippen MR) is 122 cm³/mol. The van der Waals surface area contributed by atoms with Gasteiger partial charge in [-0.25, -0.2) is 0 Å². The van der Waals surface area contributed by atoms with Crippen LogP contribution in [-0.2, 0) is 4.74 Å². The second-order valence-electron chi connectivity index (χ2n) is 10.8. The molecule has 1 aliphatic heterocycles. The Morgan fingerprint density at radius 3 is 2.26 bits per heavy atom. The SMILES string of the molecule is OC[C@H]1[C@@H](O)[C@H](O)[C@@H](O)CN1CCCCCOCC1CCC(C2CCCCC2)CC1C(F)(F)F. The number of alkyl halides is 3. The first-order chi connectivity index (χ1) is 16.2. The molecule has 1 heterocycles. The lowest BCUT2D eigenvalue weighted by Gasteiger charge is -2.43. The summed E-state index contributed by atoms with van der Waals surface area (Å²) in [4.78, 5) is 1.78. The van der Waals surface area contributed by atoms with Gasteiger partial charge in [0.2, 0.25) is 0 Å². The van der Waals surface area contributed by atoms with Crippen LogP contribution < -0.4 is 0 Å². The Labute approximate surface area is 201 Å². The van der Waals surface area contributed by atoms with Crippen LogP contribution in [0.3, 0.4) is 0 Å². The second-order valence-corrected chi connectivity index (χ2v) is 10.8. The maximum Gasteiger partial charge on any atom is 0.392 e. The van der Waals surface area contributed by atoms with Gasteiger partial charge in [-0.05, 0) is 62.8 Å². The van der Waals surface area contributed by atoms with Crippen LogP contribution in [0.1, 0.15) is 70.6 Å². The number of ether oxygens (including phenoxy) is 1.